The van der Waals surface area contributed by atoms with E-state index in [1.807, 2.05) is 13.0 Å². The van der Waals surface area contributed by atoms with E-state index < -0.39 is 0 Å². The van der Waals surface area contributed by atoms with Gasteiger partial charge in [-0.05, 0) is 31.9 Å². The van der Waals surface area contributed by atoms with Crippen LogP contribution in [0.2, 0.25) is 0 Å². The lowest BCUT2D eigenvalue weighted by Gasteiger charge is -2.33. The molecule has 0 aliphatic carbocycles. The molecule has 7 heteroatoms. The van der Waals surface area contributed by atoms with Gasteiger partial charge in [-0.3, -0.25) is 19.0 Å². The highest BCUT2D eigenvalue weighted by Crippen LogP contribution is 2.12. The van der Waals surface area contributed by atoms with E-state index in [1.165, 1.54) is 4.57 Å². The van der Waals surface area contributed by atoms with Crippen molar-refractivity contribution >= 4 is 22.7 Å². The van der Waals surface area contributed by atoms with E-state index >= 15 is 0 Å². The molecule has 1 aliphatic heterocycles. The fourth-order valence-corrected chi connectivity index (χ4v) is 3.35. The zero-order chi connectivity index (χ0) is 18.7. The number of nitrogens with zero attached hydrogens (tertiary/aromatic N) is 3. The summed E-state index contributed by atoms with van der Waals surface area (Å²) in [6.45, 7) is 4.65. The predicted octanol–water partition coefficient (Wildman–Crippen LogP) is 1.22. The number of likely N-dealkylation sites (tertiary alicyclic amines) is 1. The molecule has 2 aromatic rings. The largest absolute Gasteiger partial charge is 0.352 e. The number of para-hydroxylation sites is 1. The number of hydrogen-bond acceptors (Lipinski definition) is 4. The van der Waals surface area contributed by atoms with Gasteiger partial charge in [0.15, 0.2) is 0 Å². The Morgan fingerprint density at radius 3 is 2.85 bits per heavy atom. The van der Waals surface area contributed by atoms with E-state index in [0.717, 1.165) is 12.8 Å². The number of aromatic nitrogens is 2. The van der Waals surface area contributed by atoms with Crippen LogP contribution in [-0.2, 0) is 16.1 Å². The van der Waals surface area contributed by atoms with Crippen molar-refractivity contribution in [1.82, 2.24) is 19.8 Å². The van der Waals surface area contributed by atoms with Gasteiger partial charge in [0.05, 0.1) is 10.9 Å². The molecule has 2 heterocycles. The van der Waals surface area contributed by atoms with Crippen LogP contribution in [0.15, 0.2) is 29.1 Å². The third-order valence-electron chi connectivity index (χ3n) is 4.81. The summed E-state index contributed by atoms with van der Waals surface area (Å²) in [6.07, 6.45) is 2.14. The number of carbonyl (C=O) groups excluding carboxylic acids is 2. The third-order valence-corrected chi connectivity index (χ3v) is 4.81. The molecule has 1 aliphatic rings. The number of fused-ring (bicyclic) bond motifs is 1. The number of benzene rings is 1. The third kappa shape index (κ3) is 3.76. The SMILES string of the molecule is CCC(=O)NC1CCCN(C(=O)Cn2c(C)nc3ccccc3c2=O)C1. The van der Waals surface area contributed by atoms with Crippen molar-refractivity contribution in [3.8, 4) is 0 Å². The molecular weight excluding hydrogens is 332 g/mol. The maximum atomic E-state index is 12.7. The molecule has 26 heavy (non-hydrogen) atoms. The Kier molecular flexibility index (Phi) is 5.35. The zero-order valence-electron chi connectivity index (χ0n) is 15.2. The number of carbonyl (C=O) groups is 2. The minimum atomic E-state index is -0.200. The maximum absolute atomic E-state index is 12.7. The Bertz CT molecular complexity index is 890. The lowest BCUT2D eigenvalue weighted by atomic mass is 10.1. The first kappa shape index (κ1) is 18.1. The molecule has 1 fully saturated rings. The Morgan fingerprint density at radius 2 is 2.08 bits per heavy atom. The van der Waals surface area contributed by atoms with E-state index in [-0.39, 0.29) is 30.0 Å². The molecular formula is C19H24N4O3. The lowest BCUT2D eigenvalue weighted by molar-refractivity contribution is -0.134. The first-order valence-electron chi connectivity index (χ1n) is 9.03. The summed E-state index contributed by atoms with van der Waals surface area (Å²) in [4.78, 5) is 43.2. The monoisotopic (exact) mass is 356 g/mol. The Labute approximate surface area is 152 Å². The summed E-state index contributed by atoms with van der Waals surface area (Å²) < 4.78 is 1.43. The highest BCUT2D eigenvalue weighted by atomic mass is 16.2. The van der Waals surface area contributed by atoms with E-state index in [0.29, 0.717) is 36.2 Å². The number of aryl methyl sites for hydroxylation is 1. The average Bonchev–Trinajstić information content (AvgIpc) is 2.65. The van der Waals surface area contributed by atoms with Crippen LogP contribution >= 0.6 is 0 Å². The lowest BCUT2D eigenvalue weighted by Crippen LogP contribution is -2.50. The van der Waals surface area contributed by atoms with Crippen molar-refractivity contribution in [1.29, 1.82) is 0 Å². The summed E-state index contributed by atoms with van der Waals surface area (Å²) in [5, 5.41) is 3.46. The van der Waals surface area contributed by atoms with Crippen LogP contribution in [0.5, 0.6) is 0 Å². The van der Waals surface area contributed by atoms with Gasteiger partial charge in [-0.2, -0.15) is 0 Å². The van der Waals surface area contributed by atoms with Crippen molar-refractivity contribution in [3.63, 3.8) is 0 Å². The van der Waals surface area contributed by atoms with Gasteiger partial charge < -0.3 is 10.2 Å². The van der Waals surface area contributed by atoms with Crippen molar-refractivity contribution < 1.29 is 9.59 Å². The van der Waals surface area contributed by atoms with Crippen LogP contribution in [0.1, 0.15) is 32.0 Å². The quantitative estimate of drug-likeness (QED) is 0.893. The second-order valence-corrected chi connectivity index (χ2v) is 6.67. The summed E-state index contributed by atoms with van der Waals surface area (Å²) in [5.74, 6) is 0.396. The molecule has 1 aromatic heterocycles. The molecule has 1 N–H and O–H groups in total. The van der Waals surface area contributed by atoms with Gasteiger partial charge in [-0.15, -0.1) is 0 Å². The summed E-state index contributed by atoms with van der Waals surface area (Å²) in [7, 11) is 0. The fourth-order valence-electron chi connectivity index (χ4n) is 3.35. The topological polar surface area (TPSA) is 84.3 Å². The van der Waals surface area contributed by atoms with Gasteiger partial charge in [0.25, 0.3) is 5.56 Å². The number of rotatable bonds is 4. The molecule has 1 saturated heterocycles. The molecule has 0 radical (unpaired) electrons. The second kappa shape index (κ2) is 7.68. The zero-order valence-corrected chi connectivity index (χ0v) is 15.2. The Balaban J connectivity index is 1.76. The van der Waals surface area contributed by atoms with E-state index in [2.05, 4.69) is 10.3 Å². The van der Waals surface area contributed by atoms with Gasteiger partial charge in [-0.1, -0.05) is 19.1 Å². The molecule has 3 rings (SSSR count). The smallest absolute Gasteiger partial charge is 0.261 e. The normalized spacial score (nSPS) is 17.3. The number of nitrogens with one attached hydrogen (secondary N) is 1. The molecule has 0 saturated carbocycles. The van der Waals surface area contributed by atoms with Crippen molar-refractivity contribution in [2.45, 2.75) is 45.7 Å². The van der Waals surface area contributed by atoms with Gasteiger partial charge in [0.1, 0.15) is 12.4 Å². The van der Waals surface area contributed by atoms with Crippen LogP contribution in [0, 0.1) is 6.92 Å². The van der Waals surface area contributed by atoms with Gasteiger partial charge in [0, 0.05) is 25.6 Å². The molecule has 1 unspecified atom stereocenters. The highest BCUT2D eigenvalue weighted by Gasteiger charge is 2.25. The highest BCUT2D eigenvalue weighted by molar-refractivity contribution is 5.79. The average molecular weight is 356 g/mol. The Hall–Kier alpha value is -2.70. The fraction of sp³-hybridized carbons (Fsp3) is 0.474. The van der Waals surface area contributed by atoms with E-state index in [1.54, 1.807) is 30.0 Å². The Morgan fingerprint density at radius 1 is 1.31 bits per heavy atom. The molecule has 138 valence electrons. The van der Waals surface area contributed by atoms with Crippen molar-refractivity contribution in [3.05, 3.63) is 40.4 Å². The molecule has 0 spiro atoms. The molecule has 0 bridgehead atoms. The van der Waals surface area contributed by atoms with Crippen LogP contribution < -0.4 is 10.9 Å². The van der Waals surface area contributed by atoms with Crippen LogP contribution in [0.4, 0.5) is 0 Å². The van der Waals surface area contributed by atoms with Crippen molar-refractivity contribution in [2.75, 3.05) is 13.1 Å². The summed E-state index contributed by atoms with van der Waals surface area (Å²) in [6, 6.07) is 7.12. The summed E-state index contributed by atoms with van der Waals surface area (Å²) >= 11 is 0. The molecule has 7 nitrogen and oxygen atoms in total. The first-order valence-corrected chi connectivity index (χ1v) is 9.03. The second-order valence-electron chi connectivity index (χ2n) is 6.67. The van der Waals surface area contributed by atoms with Crippen LogP contribution in [0.25, 0.3) is 10.9 Å². The van der Waals surface area contributed by atoms with Gasteiger partial charge in [-0.25, -0.2) is 4.98 Å². The van der Waals surface area contributed by atoms with E-state index in [9.17, 15) is 14.4 Å². The molecule has 2 amide bonds. The maximum Gasteiger partial charge on any atom is 0.261 e. The number of piperidine rings is 1. The minimum Gasteiger partial charge on any atom is -0.352 e. The summed E-state index contributed by atoms with van der Waals surface area (Å²) in [5.41, 5.74) is 0.438. The van der Waals surface area contributed by atoms with E-state index in [4.69, 9.17) is 0 Å². The standard InChI is InChI=1S/C19H24N4O3/c1-3-17(24)21-14-7-6-10-22(11-14)18(25)12-23-13(2)20-16-9-5-4-8-15(16)19(23)26/h4-5,8-9,14H,3,6-7,10-12H2,1-2H3,(H,21,24). The number of hydrogen-bond donors (Lipinski definition) is 1. The van der Waals surface area contributed by atoms with Crippen LogP contribution in [0.3, 0.4) is 0 Å². The molecule has 1 aromatic carbocycles. The number of amides is 2. The van der Waals surface area contributed by atoms with Crippen molar-refractivity contribution in [2.24, 2.45) is 0 Å². The first-order chi connectivity index (χ1) is 12.5. The predicted molar refractivity (Wildman–Crippen MR) is 98.8 cm³/mol. The minimum absolute atomic E-state index is 0.00454. The van der Waals surface area contributed by atoms with Gasteiger partial charge >= 0.3 is 0 Å². The molecule has 1 atom stereocenters. The van der Waals surface area contributed by atoms with Gasteiger partial charge in [0.2, 0.25) is 11.8 Å². The van der Waals surface area contributed by atoms with Crippen LogP contribution in [-0.4, -0.2) is 45.4 Å².